The van der Waals surface area contributed by atoms with E-state index in [0.29, 0.717) is 6.61 Å². The maximum absolute atomic E-state index is 12.4. The van der Waals surface area contributed by atoms with Crippen molar-refractivity contribution in [2.45, 2.75) is 25.3 Å². The zero-order valence-electron chi connectivity index (χ0n) is 9.46. The summed E-state index contributed by atoms with van der Waals surface area (Å²) < 4.78 is 6.56. The molecule has 0 aliphatic carbocycles. The molecule has 1 saturated heterocycles. The van der Waals surface area contributed by atoms with Gasteiger partial charge in [0.25, 0.3) is 0 Å². The van der Waals surface area contributed by atoms with E-state index in [4.69, 9.17) is 4.74 Å². The number of ether oxygens (including phenoxy) is 1. The van der Waals surface area contributed by atoms with Crippen molar-refractivity contribution in [3.05, 3.63) is 27.7 Å². The van der Waals surface area contributed by atoms with Crippen LogP contribution in [-0.2, 0) is 6.42 Å². The van der Waals surface area contributed by atoms with Crippen LogP contribution < -0.4 is 10.1 Å². The first-order chi connectivity index (χ1) is 8.25. The highest BCUT2D eigenvalue weighted by Gasteiger charge is 2.28. The molecule has 3 nitrogen and oxygen atoms in total. The summed E-state index contributed by atoms with van der Waals surface area (Å²) in [6.45, 7) is 1.62. The lowest BCUT2D eigenvalue weighted by Gasteiger charge is -2.12. The Morgan fingerprint density at radius 2 is 2.35 bits per heavy atom. The molecular formula is C13H14BrNO2. The van der Waals surface area contributed by atoms with Gasteiger partial charge in [-0.15, -0.1) is 0 Å². The van der Waals surface area contributed by atoms with Gasteiger partial charge >= 0.3 is 0 Å². The molecule has 0 spiro atoms. The molecule has 1 aromatic carbocycles. The van der Waals surface area contributed by atoms with Gasteiger partial charge in [0.15, 0.2) is 5.78 Å². The van der Waals surface area contributed by atoms with Crippen molar-refractivity contribution in [3.63, 3.8) is 0 Å². The predicted octanol–water partition coefficient (Wildman–Crippen LogP) is 2.32. The van der Waals surface area contributed by atoms with Crippen molar-refractivity contribution in [3.8, 4) is 5.75 Å². The summed E-state index contributed by atoms with van der Waals surface area (Å²) >= 11 is 3.46. The summed E-state index contributed by atoms with van der Waals surface area (Å²) in [5.41, 5.74) is 1.87. The number of nitrogens with one attached hydrogen (secondary N) is 1. The molecule has 0 bridgehead atoms. The molecule has 1 N–H and O–H groups in total. The van der Waals surface area contributed by atoms with E-state index in [1.807, 2.05) is 12.1 Å². The van der Waals surface area contributed by atoms with Crippen molar-refractivity contribution in [1.29, 1.82) is 0 Å². The third-order valence-electron chi connectivity index (χ3n) is 3.39. The van der Waals surface area contributed by atoms with Crippen LogP contribution in [0.15, 0.2) is 16.6 Å². The van der Waals surface area contributed by atoms with E-state index in [-0.39, 0.29) is 11.8 Å². The van der Waals surface area contributed by atoms with E-state index >= 15 is 0 Å². The monoisotopic (exact) mass is 295 g/mol. The van der Waals surface area contributed by atoms with Crippen LogP contribution in [0, 0.1) is 0 Å². The van der Waals surface area contributed by atoms with Crippen molar-refractivity contribution in [2.75, 3.05) is 13.2 Å². The second kappa shape index (κ2) is 4.42. The Morgan fingerprint density at radius 3 is 3.12 bits per heavy atom. The highest BCUT2D eigenvalue weighted by atomic mass is 79.9. The Bertz CT molecular complexity index is 467. The van der Waals surface area contributed by atoms with Gasteiger partial charge in [-0.1, -0.05) is 15.9 Å². The minimum absolute atomic E-state index is 0.0300. The quantitative estimate of drug-likeness (QED) is 0.851. The van der Waals surface area contributed by atoms with Crippen LogP contribution in [0.3, 0.4) is 0 Å². The largest absolute Gasteiger partial charge is 0.492 e. The normalized spacial score (nSPS) is 22.3. The number of rotatable bonds is 2. The molecule has 3 rings (SSSR count). The molecule has 2 aliphatic heterocycles. The number of hydrogen-bond donors (Lipinski definition) is 1. The number of hydrogen-bond acceptors (Lipinski definition) is 3. The average Bonchev–Trinajstić information content (AvgIpc) is 2.97. The molecule has 1 atom stereocenters. The van der Waals surface area contributed by atoms with Gasteiger partial charge in [0.2, 0.25) is 0 Å². The molecule has 1 fully saturated rings. The lowest BCUT2D eigenvalue weighted by molar-refractivity contribution is 0.0949. The van der Waals surface area contributed by atoms with Crippen LogP contribution in [-0.4, -0.2) is 25.0 Å². The van der Waals surface area contributed by atoms with Crippen molar-refractivity contribution >= 4 is 21.7 Å². The van der Waals surface area contributed by atoms with E-state index in [9.17, 15) is 4.79 Å². The lowest BCUT2D eigenvalue weighted by atomic mass is 9.99. The molecule has 4 heteroatoms. The van der Waals surface area contributed by atoms with Crippen molar-refractivity contribution in [2.24, 2.45) is 0 Å². The number of carbonyl (C=O) groups excluding carboxylic acids is 1. The van der Waals surface area contributed by atoms with Crippen LogP contribution in [0.4, 0.5) is 0 Å². The Balaban J connectivity index is 1.99. The van der Waals surface area contributed by atoms with E-state index in [0.717, 1.165) is 47.2 Å². The topological polar surface area (TPSA) is 38.3 Å². The van der Waals surface area contributed by atoms with Gasteiger partial charge in [0.1, 0.15) is 5.75 Å². The third-order valence-corrected chi connectivity index (χ3v) is 3.85. The number of halogens is 1. The van der Waals surface area contributed by atoms with Crippen LogP contribution in [0.25, 0.3) is 0 Å². The summed E-state index contributed by atoms with van der Waals surface area (Å²) in [7, 11) is 0. The fraction of sp³-hybridized carbons (Fsp3) is 0.462. The fourth-order valence-electron chi connectivity index (χ4n) is 2.55. The number of fused-ring (bicyclic) bond motifs is 1. The van der Waals surface area contributed by atoms with E-state index in [1.54, 1.807) is 0 Å². The Hall–Kier alpha value is -0.870. The highest BCUT2D eigenvalue weighted by Crippen LogP contribution is 2.34. The number of Topliss-reactive ketones (excluding diaryl/α,β-unsaturated/α-hetero) is 1. The summed E-state index contributed by atoms with van der Waals surface area (Å²) in [6.07, 6.45) is 2.90. The van der Waals surface area contributed by atoms with Crippen LogP contribution in [0.2, 0.25) is 0 Å². The predicted molar refractivity (Wildman–Crippen MR) is 68.7 cm³/mol. The molecule has 0 saturated carbocycles. The Kier molecular flexibility index (Phi) is 2.92. The second-order valence-corrected chi connectivity index (χ2v) is 5.47. The van der Waals surface area contributed by atoms with E-state index in [1.165, 1.54) is 0 Å². The van der Waals surface area contributed by atoms with Gasteiger partial charge < -0.3 is 10.1 Å². The SMILES string of the molecule is O=C(c1cc(Br)cc2c1OCC2)C1CCCN1. The van der Waals surface area contributed by atoms with Crippen molar-refractivity contribution < 1.29 is 9.53 Å². The lowest BCUT2D eigenvalue weighted by Crippen LogP contribution is -2.31. The average molecular weight is 296 g/mol. The highest BCUT2D eigenvalue weighted by molar-refractivity contribution is 9.10. The Labute approximate surface area is 109 Å². The minimum atomic E-state index is -0.0300. The third kappa shape index (κ3) is 2.00. The zero-order chi connectivity index (χ0) is 11.8. The summed E-state index contributed by atoms with van der Waals surface area (Å²) in [4.78, 5) is 12.4. The Morgan fingerprint density at radius 1 is 1.47 bits per heavy atom. The van der Waals surface area contributed by atoms with Gasteiger partial charge in [-0.2, -0.15) is 0 Å². The molecule has 0 amide bonds. The van der Waals surface area contributed by atoms with E-state index in [2.05, 4.69) is 21.2 Å². The molecule has 90 valence electrons. The zero-order valence-corrected chi connectivity index (χ0v) is 11.0. The van der Waals surface area contributed by atoms with Gasteiger partial charge in [0.05, 0.1) is 18.2 Å². The van der Waals surface area contributed by atoms with Gasteiger partial charge in [0, 0.05) is 10.9 Å². The summed E-state index contributed by atoms with van der Waals surface area (Å²) in [5, 5.41) is 3.25. The van der Waals surface area contributed by atoms with Gasteiger partial charge in [-0.25, -0.2) is 0 Å². The molecule has 17 heavy (non-hydrogen) atoms. The fourth-order valence-corrected chi connectivity index (χ4v) is 3.05. The molecule has 0 aromatic heterocycles. The van der Waals surface area contributed by atoms with Crippen LogP contribution in [0.1, 0.15) is 28.8 Å². The van der Waals surface area contributed by atoms with Gasteiger partial charge in [-0.3, -0.25) is 4.79 Å². The summed E-state index contributed by atoms with van der Waals surface area (Å²) in [6, 6.07) is 3.89. The number of carbonyl (C=O) groups is 1. The number of benzene rings is 1. The van der Waals surface area contributed by atoms with Crippen LogP contribution >= 0.6 is 15.9 Å². The van der Waals surface area contributed by atoms with E-state index < -0.39 is 0 Å². The van der Waals surface area contributed by atoms with Gasteiger partial charge in [-0.05, 0) is 37.1 Å². The molecule has 0 radical (unpaired) electrons. The maximum Gasteiger partial charge on any atom is 0.183 e. The molecule has 1 aromatic rings. The first-order valence-electron chi connectivity index (χ1n) is 5.98. The molecule has 2 aliphatic rings. The molecule has 1 unspecified atom stereocenters. The minimum Gasteiger partial charge on any atom is -0.492 e. The smallest absolute Gasteiger partial charge is 0.183 e. The number of ketones is 1. The van der Waals surface area contributed by atoms with Crippen molar-refractivity contribution in [1.82, 2.24) is 5.32 Å². The second-order valence-electron chi connectivity index (χ2n) is 4.55. The van der Waals surface area contributed by atoms with Crippen LogP contribution in [0.5, 0.6) is 5.75 Å². The maximum atomic E-state index is 12.4. The standard InChI is InChI=1S/C13H14BrNO2/c14-9-6-8-3-5-17-13(8)10(7-9)12(16)11-2-1-4-15-11/h6-7,11,15H,1-5H2. The summed E-state index contributed by atoms with van der Waals surface area (Å²) in [5.74, 6) is 0.967. The first kappa shape index (κ1) is 11.2. The molecule has 2 heterocycles. The molecular weight excluding hydrogens is 282 g/mol. The first-order valence-corrected chi connectivity index (χ1v) is 6.78.